The molecule has 0 heterocycles. The van der Waals surface area contributed by atoms with Crippen LogP contribution in [0.25, 0.3) is 0 Å². The van der Waals surface area contributed by atoms with Crippen LogP contribution >= 0.6 is 0 Å². The summed E-state index contributed by atoms with van der Waals surface area (Å²) in [5, 5.41) is 0. The molecule has 2 rings (SSSR count). The first-order valence-corrected chi connectivity index (χ1v) is 8.36. The number of hydrogen-bond acceptors (Lipinski definition) is 5. The molecular weight excluding hydrogens is 316 g/mol. The van der Waals surface area contributed by atoms with Crippen LogP contribution in [0.15, 0.2) is 41.3 Å². The second-order valence-electron chi connectivity index (χ2n) is 5.21. The summed E-state index contributed by atoms with van der Waals surface area (Å²) in [6, 6.07) is 9.13. The number of Topliss-reactive ketones (excluding diaryl/α,β-unsaturated/α-hetero) is 1. The summed E-state index contributed by atoms with van der Waals surface area (Å²) in [5.41, 5.74) is 2.26. The monoisotopic (exact) mass is 334 g/mol. The van der Waals surface area contributed by atoms with E-state index in [1.807, 2.05) is 13.8 Å². The summed E-state index contributed by atoms with van der Waals surface area (Å²) in [5.74, 6) is 0.0766. The third-order valence-corrected chi connectivity index (χ3v) is 4.77. The van der Waals surface area contributed by atoms with Crippen molar-refractivity contribution >= 4 is 15.9 Å². The first-order valence-electron chi connectivity index (χ1n) is 6.95. The van der Waals surface area contributed by atoms with Crippen LogP contribution in [0.5, 0.6) is 11.5 Å². The largest absolute Gasteiger partial charge is 0.493 e. The van der Waals surface area contributed by atoms with Crippen LogP contribution in [0.2, 0.25) is 0 Å². The molecule has 0 spiro atoms. The number of rotatable bonds is 5. The standard InChI is InChI=1S/C17H18O5S/c1-11-5-7-15(9-12(11)2)23(19,20)22-16-8-6-14(13(3)18)10-17(16)21-4/h5-10H,1-4H3. The zero-order chi connectivity index (χ0) is 17.2. The smallest absolute Gasteiger partial charge is 0.339 e. The predicted octanol–water partition coefficient (Wildman–Crippen LogP) is 3.28. The fraction of sp³-hybridized carbons (Fsp3) is 0.235. The molecule has 0 unspecified atom stereocenters. The van der Waals surface area contributed by atoms with E-state index in [9.17, 15) is 13.2 Å². The predicted molar refractivity (Wildman–Crippen MR) is 86.7 cm³/mol. The molecule has 23 heavy (non-hydrogen) atoms. The number of hydrogen-bond donors (Lipinski definition) is 0. The van der Waals surface area contributed by atoms with Crippen molar-refractivity contribution in [3.63, 3.8) is 0 Å². The summed E-state index contributed by atoms with van der Waals surface area (Å²) in [6.45, 7) is 5.15. The molecule has 2 aromatic rings. The Morgan fingerprint density at radius 2 is 1.65 bits per heavy atom. The number of carbonyl (C=O) groups excluding carboxylic acids is 1. The molecule has 0 N–H and O–H groups in total. The van der Waals surface area contributed by atoms with Gasteiger partial charge < -0.3 is 8.92 Å². The first-order chi connectivity index (χ1) is 10.7. The van der Waals surface area contributed by atoms with Crippen molar-refractivity contribution in [1.29, 1.82) is 0 Å². The Morgan fingerprint density at radius 3 is 2.22 bits per heavy atom. The van der Waals surface area contributed by atoms with Gasteiger partial charge in [0, 0.05) is 5.56 Å². The summed E-state index contributed by atoms with van der Waals surface area (Å²) in [6.07, 6.45) is 0. The van der Waals surface area contributed by atoms with Crippen LogP contribution in [-0.2, 0) is 10.1 Å². The van der Waals surface area contributed by atoms with Gasteiger partial charge in [0.25, 0.3) is 0 Å². The third kappa shape index (κ3) is 3.71. The third-order valence-electron chi connectivity index (χ3n) is 3.54. The topological polar surface area (TPSA) is 69.7 Å². The lowest BCUT2D eigenvalue weighted by molar-refractivity contribution is 0.101. The number of aryl methyl sites for hydroxylation is 2. The number of ether oxygens (including phenoxy) is 1. The molecule has 0 fully saturated rings. The molecule has 0 amide bonds. The molecule has 122 valence electrons. The quantitative estimate of drug-likeness (QED) is 0.620. The second-order valence-corrected chi connectivity index (χ2v) is 6.75. The van der Waals surface area contributed by atoms with E-state index in [0.29, 0.717) is 5.56 Å². The Bertz CT molecular complexity index is 853. The zero-order valence-electron chi connectivity index (χ0n) is 13.4. The van der Waals surface area contributed by atoms with E-state index in [1.54, 1.807) is 12.1 Å². The van der Waals surface area contributed by atoms with Gasteiger partial charge in [0.1, 0.15) is 4.90 Å². The minimum Gasteiger partial charge on any atom is -0.493 e. The van der Waals surface area contributed by atoms with Crippen LogP contribution in [0, 0.1) is 13.8 Å². The van der Waals surface area contributed by atoms with Gasteiger partial charge in [-0.2, -0.15) is 8.42 Å². The molecule has 0 bridgehead atoms. The van der Waals surface area contributed by atoms with Crippen molar-refractivity contribution in [3.05, 3.63) is 53.1 Å². The van der Waals surface area contributed by atoms with E-state index in [1.165, 1.54) is 38.3 Å². The molecule has 0 aliphatic heterocycles. The Balaban J connectivity index is 2.40. The molecule has 0 aromatic heterocycles. The molecule has 0 aliphatic carbocycles. The molecule has 0 aliphatic rings. The molecule has 0 saturated heterocycles. The van der Waals surface area contributed by atoms with E-state index in [4.69, 9.17) is 8.92 Å². The molecule has 2 aromatic carbocycles. The number of methoxy groups -OCH3 is 1. The fourth-order valence-electron chi connectivity index (χ4n) is 1.99. The minimum absolute atomic E-state index is 0.0377. The van der Waals surface area contributed by atoms with E-state index < -0.39 is 10.1 Å². The SMILES string of the molecule is COc1cc(C(C)=O)ccc1OS(=O)(=O)c1ccc(C)c(C)c1. The Morgan fingerprint density at radius 1 is 0.957 bits per heavy atom. The average molecular weight is 334 g/mol. The second kappa shape index (κ2) is 6.42. The maximum atomic E-state index is 12.4. The van der Waals surface area contributed by atoms with Crippen molar-refractivity contribution < 1.29 is 22.1 Å². The summed E-state index contributed by atoms with van der Waals surface area (Å²) in [4.78, 5) is 11.5. The Labute approximate surface area is 136 Å². The number of ketones is 1. The molecule has 0 saturated carbocycles. The maximum absolute atomic E-state index is 12.4. The van der Waals surface area contributed by atoms with Crippen LogP contribution < -0.4 is 8.92 Å². The van der Waals surface area contributed by atoms with Crippen molar-refractivity contribution in [2.45, 2.75) is 25.7 Å². The normalized spacial score (nSPS) is 11.1. The zero-order valence-corrected chi connectivity index (χ0v) is 14.2. The number of benzene rings is 2. The van der Waals surface area contributed by atoms with Crippen LogP contribution in [0.4, 0.5) is 0 Å². The molecule has 6 heteroatoms. The first kappa shape index (κ1) is 17.0. The van der Waals surface area contributed by atoms with Gasteiger partial charge in [-0.25, -0.2) is 0 Å². The van der Waals surface area contributed by atoms with Crippen molar-refractivity contribution in [1.82, 2.24) is 0 Å². The van der Waals surface area contributed by atoms with Gasteiger partial charge in [-0.05, 0) is 62.2 Å². The molecule has 5 nitrogen and oxygen atoms in total. The van der Waals surface area contributed by atoms with Gasteiger partial charge in [0.15, 0.2) is 17.3 Å². The lowest BCUT2D eigenvalue weighted by Crippen LogP contribution is -2.11. The van der Waals surface area contributed by atoms with Gasteiger partial charge in [-0.3, -0.25) is 4.79 Å². The molecule has 0 atom stereocenters. The van der Waals surface area contributed by atoms with E-state index in [2.05, 4.69) is 0 Å². The molecular formula is C17H18O5S. The van der Waals surface area contributed by atoms with Gasteiger partial charge >= 0.3 is 10.1 Å². The average Bonchev–Trinajstić information content (AvgIpc) is 2.49. The highest BCUT2D eigenvalue weighted by Gasteiger charge is 2.20. The van der Waals surface area contributed by atoms with Crippen LogP contribution in [-0.4, -0.2) is 21.3 Å². The lowest BCUT2D eigenvalue weighted by atomic mass is 10.1. The van der Waals surface area contributed by atoms with Gasteiger partial charge in [0.2, 0.25) is 0 Å². The van der Waals surface area contributed by atoms with Crippen molar-refractivity contribution in [2.75, 3.05) is 7.11 Å². The Kier molecular flexibility index (Phi) is 4.75. The van der Waals surface area contributed by atoms with Gasteiger partial charge in [-0.1, -0.05) is 6.07 Å². The van der Waals surface area contributed by atoms with Crippen LogP contribution in [0.1, 0.15) is 28.4 Å². The van der Waals surface area contributed by atoms with E-state index in [-0.39, 0.29) is 22.2 Å². The Hall–Kier alpha value is -2.34. The highest BCUT2D eigenvalue weighted by molar-refractivity contribution is 7.87. The highest BCUT2D eigenvalue weighted by Crippen LogP contribution is 2.31. The number of carbonyl (C=O) groups is 1. The van der Waals surface area contributed by atoms with E-state index >= 15 is 0 Å². The van der Waals surface area contributed by atoms with Gasteiger partial charge in [-0.15, -0.1) is 0 Å². The van der Waals surface area contributed by atoms with Crippen molar-refractivity contribution in [3.8, 4) is 11.5 Å². The summed E-state index contributed by atoms with van der Waals surface area (Å²) in [7, 11) is -2.60. The van der Waals surface area contributed by atoms with E-state index in [0.717, 1.165) is 11.1 Å². The lowest BCUT2D eigenvalue weighted by Gasteiger charge is -2.12. The fourth-order valence-corrected chi connectivity index (χ4v) is 3.02. The summed E-state index contributed by atoms with van der Waals surface area (Å²) < 4.78 is 35.1. The summed E-state index contributed by atoms with van der Waals surface area (Å²) >= 11 is 0. The molecule has 0 radical (unpaired) electrons. The highest BCUT2D eigenvalue weighted by atomic mass is 32.2. The van der Waals surface area contributed by atoms with Gasteiger partial charge in [0.05, 0.1) is 7.11 Å². The van der Waals surface area contributed by atoms with Crippen molar-refractivity contribution in [2.24, 2.45) is 0 Å². The van der Waals surface area contributed by atoms with Crippen LogP contribution in [0.3, 0.4) is 0 Å². The maximum Gasteiger partial charge on any atom is 0.339 e. The minimum atomic E-state index is -3.98.